The maximum atomic E-state index is 14.1. The van der Waals surface area contributed by atoms with E-state index in [4.69, 9.17) is 0 Å². The van der Waals surface area contributed by atoms with E-state index < -0.39 is 15.8 Å². The smallest absolute Gasteiger partial charge is 0.251 e. The molecule has 1 aliphatic rings. The zero-order chi connectivity index (χ0) is 25.0. The zero-order valence-corrected chi connectivity index (χ0v) is 20.9. The minimum absolute atomic E-state index is 0.108. The third-order valence-corrected chi connectivity index (χ3v) is 7.72. The summed E-state index contributed by atoms with van der Waals surface area (Å²) in [5.74, 6) is -0.689. The zero-order valence-electron chi connectivity index (χ0n) is 20.1. The van der Waals surface area contributed by atoms with Gasteiger partial charge in [0.15, 0.2) is 0 Å². The average Bonchev–Trinajstić information content (AvgIpc) is 2.86. The van der Waals surface area contributed by atoms with E-state index in [1.54, 1.807) is 42.5 Å². The standard InChI is InChI=1S/C28H31FN2O3S/c1-3-27(23-13-12-20-8-4-5-9-22(20)18-23)30-28(32)21-14-16-25(17-15-21)31(35(2,33)34)19-24-10-6-7-11-26(24)29/h6-7,10-18,27H,3-5,8-9,19H2,1-2H3,(H,30,32)/t27-/m1/s1. The number of halogens is 1. The molecule has 0 aliphatic heterocycles. The number of carbonyl (C=O) groups excluding carboxylic acids is 1. The lowest BCUT2D eigenvalue weighted by Crippen LogP contribution is -2.30. The molecule has 0 heterocycles. The third kappa shape index (κ3) is 5.90. The van der Waals surface area contributed by atoms with Gasteiger partial charge in [0.2, 0.25) is 10.0 Å². The molecule has 184 valence electrons. The molecule has 35 heavy (non-hydrogen) atoms. The number of sulfonamides is 1. The normalized spacial score (nSPS) is 14.1. The molecule has 3 aromatic rings. The summed E-state index contributed by atoms with van der Waals surface area (Å²) in [4.78, 5) is 13.0. The SMILES string of the molecule is CC[C@@H](NC(=O)c1ccc(N(Cc2ccccc2F)S(C)(=O)=O)cc1)c1ccc2c(c1)CCCC2. The average molecular weight is 495 g/mol. The number of nitrogens with zero attached hydrogens (tertiary/aromatic N) is 1. The van der Waals surface area contributed by atoms with Crippen LogP contribution in [0.2, 0.25) is 0 Å². The van der Waals surface area contributed by atoms with Crippen LogP contribution in [0.4, 0.5) is 10.1 Å². The molecule has 1 atom stereocenters. The fraction of sp³-hybridized carbons (Fsp3) is 0.321. The Labute approximate surface area is 207 Å². The van der Waals surface area contributed by atoms with Gasteiger partial charge in [0, 0.05) is 11.1 Å². The number of hydrogen-bond acceptors (Lipinski definition) is 3. The van der Waals surface area contributed by atoms with Crippen LogP contribution >= 0.6 is 0 Å². The van der Waals surface area contributed by atoms with Crippen LogP contribution in [0.3, 0.4) is 0 Å². The first kappa shape index (κ1) is 24.9. The Balaban J connectivity index is 1.50. The van der Waals surface area contributed by atoms with E-state index in [2.05, 4.69) is 23.5 Å². The Bertz CT molecular complexity index is 1310. The molecule has 0 bridgehead atoms. The molecule has 0 fully saturated rings. The quantitative estimate of drug-likeness (QED) is 0.446. The van der Waals surface area contributed by atoms with Gasteiger partial charge in [-0.25, -0.2) is 12.8 Å². The van der Waals surface area contributed by atoms with Crippen LogP contribution in [0.15, 0.2) is 66.7 Å². The highest BCUT2D eigenvalue weighted by atomic mass is 32.2. The molecule has 0 saturated carbocycles. The summed E-state index contributed by atoms with van der Waals surface area (Å²) < 4.78 is 40.1. The lowest BCUT2D eigenvalue weighted by molar-refractivity contribution is 0.0935. The van der Waals surface area contributed by atoms with Gasteiger partial charge in [-0.3, -0.25) is 9.10 Å². The second-order valence-electron chi connectivity index (χ2n) is 9.08. The summed E-state index contributed by atoms with van der Waals surface area (Å²) in [6.45, 7) is 1.91. The van der Waals surface area contributed by atoms with E-state index in [9.17, 15) is 17.6 Å². The van der Waals surface area contributed by atoms with E-state index in [1.165, 1.54) is 30.0 Å². The predicted octanol–water partition coefficient (Wildman–Crippen LogP) is 5.55. The largest absolute Gasteiger partial charge is 0.345 e. The van der Waals surface area contributed by atoms with Crippen molar-refractivity contribution in [3.05, 3.63) is 100 Å². The highest BCUT2D eigenvalue weighted by Crippen LogP contribution is 2.27. The Morgan fingerprint density at radius 2 is 1.69 bits per heavy atom. The number of amides is 1. The first-order chi connectivity index (χ1) is 16.8. The molecule has 1 N–H and O–H groups in total. The van der Waals surface area contributed by atoms with Crippen LogP contribution in [-0.4, -0.2) is 20.6 Å². The summed E-state index contributed by atoms with van der Waals surface area (Å²) >= 11 is 0. The van der Waals surface area contributed by atoms with E-state index in [-0.39, 0.29) is 24.1 Å². The van der Waals surface area contributed by atoms with E-state index in [0.29, 0.717) is 11.3 Å². The van der Waals surface area contributed by atoms with Crippen molar-refractivity contribution >= 4 is 21.6 Å². The van der Waals surface area contributed by atoms with Gasteiger partial charge in [-0.1, -0.05) is 43.3 Å². The summed E-state index contributed by atoms with van der Waals surface area (Å²) in [7, 11) is -3.67. The summed E-state index contributed by atoms with van der Waals surface area (Å²) in [6.07, 6.45) is 6.47. The lowest BCUT2D eigenvalue weighted by atomic mass is 9.88. The molecular weight excluding hydrogens is 463 g/mol. The van der Waals surface area contributed by atoms with Gasteiger partial charge in [0.1, 0.15) is 5.82 Å². The topological polar surface area (TPSA) is 66.5 Å². The molecule has 4 rings (SSSR count). The Hall–Kier alpha value is -3.19. The molecule has 0 unspecified atom stereocenters. The van der Waals surface area contributed by atoms with Crippen molar-refractivity contribution in [1.82, 2.24) is 5.32 Å². The maximum absolute atomic E-state index is 14.1. The molecule has 0 aromatic heterocycles. The molecule has 0 radical (unpaired) electrons. The van der Waals surface area contributed by atoms with Gasteiger partial charge >= 0.3 is 0 Å². The van der Waals surface area contributed by atoms with Gasteiger partial charge in [0.05, 0.1) is 24.5 Å². The predicted molar refractivity (Wildman–Crippen MR) is 137 cm³/mol. The van der Waals surface area contributed by atoms with E-state index >= 15 is 0 Å². The first-order valence-corrected chi connectivity index (χ1v) is 13.8. The number of carbonyl (C=O) groups is 1. The second-order valence-corrected chi connectivity index (χ2v) is 11.0. The van der Waals surface area contributed by atoms with Crippen LogP contribution < -0.4 is 9.62 Å². The van der Waals surface area contributed by atoms with Crippen LogP contribution in [-0.2, 0) is 29.4 Å². The summed E-state index contributed by atoms with van der Waals surface area (Å²) in [5, 5.41) is 3.11. The van der Waals surface area contributed by atoms with Gasteiger partial charge in [-0.05, 0) is 79.1 Å². The Morgan fingerprint density at radius 3 is 2.34 bits per heavy atom. The highest BCUT2D eigenvalue weighted by Gasteiger charge is 2.21. The molecule has 7 heteroatoms. The third-order valence-electron chi connectivity index (χ3n) is 6.58. The van der Waals surface area contributed by atoms with Crippen LogP contribution in [0, 0.1) is 5.82 Å². The van der Waals surface area contributed by atoms with E-state index in [1.807, 2.05) is 6.92 Å². The number of anilines is 1. The minimum Gasteiger partial charge on any atom is -0.345 e. The molecule has 5 nitrogen and oxygen atoms in total. The summed E-state index contributed by atoms with van der Waals surface area (Å²) in [5.41, 5.74) is 4.96. The fourth-order valence-electron chi connectivity index (χ4n) is 4.59. The van der Waals surface area contributed by atoms with Crippen LogP contribution in [0.25, 0.3) is 0 Å². The van der Waals surface area contributed by atoms with Gasteiger partial charge in [-0.15, -0.1) is 0 Å². The van der Waals surface area contributed by atoms with Crippen LogP contribution in [0.5, 0.6) is 0 Å². The van der Waals surface area contributed by atoms with Crippen molar-refractivity contribution < 1.29 is 17.6 Å². The number of hydrogen-bond donors (Lipinski definition) is 1. The van der Waals surface area contributed by atoms with Gasteiger partial charge < -0.3 is 5.32 Å². The molecule has 0 saturated heterocycles. The number of aryl methyl sites for hydroxylation is 2. The lowest BCUT2D eigenvalue weighted by Gasteiger charge is -2.23. The van der Waals surface area contributed by atoms with Crippen LogP contribution in [0.1, 0.15) is 64.8 Å². The van der Waals surface area contributed by atoms with Crippen molar-refractivity contribution in [2.45, 2.75) is 51.6 Å². The number of nitrogens with one attached hydrogen (secondary N) is 1. The van der Waals surface area contributed by atoms with Crippen molar-refractivity contribution in [2.24, 2.45) is 0 Å². The summed E-state index contributed by atoms with van der Waals surface area (Å²) in [6, 6.07) is 18.8. The molecule has 1 aliphatic carbocycles. The molecule has 0 spiro atoms. The number of rotatable bonds is 8. The number of benzene rings is 3. The second kappa shape index (κ2) is 10.6. The Kier molecular flexibility index (Phi) is 7.55. The van der Waals surface area contributed by atoms with Crippen molar-refractivity contribution in [3.8, 4) is 0 Å². The van der Waals surface area contributed by atoms with Crippen molar-refractivity contribution in [3.63, 3.8) is 0 Å². The maximum Gasteiger partial charge on any atom is 0.251 e. The fourth-order valence-corrected chi connectivity index (χ4v) is 5.47. The van der Waals surface area contributed by atoms with Gasteiger partial charge in [0.25, 0.3) is 5.91 Å². The van der Waals surface area contributed by atoms with E-state index in [0.717, 1.165) is 35.4 Å². The monoisotopic (exact) mass is 494 g/mol. The molecular formula is C28H31FN2O3S. The van der Waals surface area contributed by atoms with Gasteiger partial charge in [-0.2, -0.15) is 0 Å². The number of fused-ring (bicyclic) bond motifs is 1. The van der Waals surface area contributed by atoms with Crippen molar-refractivity contribution in [2.75, 3.05) is 10.6 Å². The Morgan fingerprint density at radius 1 is 1.00 bits per heavy atom. The molecule has 3 aromatic carbocycles. The minimum atomic E-state index is -3.67. The van der Waals surface area contributed by atoms with Crippen molar-refractivity contribution in [1.29, 1.82) is 0 Å². The molecule has 1 amide bonds. The first-order valence-electron chi connectivity index (χ1n) is 12.0. The highest BCUT2D eigenvalue weighted by molar-refractivity contribution is 7.92.